The monoisotopic (exact) mass is 456 g/mol. The van der Waals surface area contributed by atoms with Crippen molar-refractivity contribution in [1.82, 2.24) is 23.6 Å². The summed E-state index contributed by atoms with van der Waals surface area (Å²) in [5.74, 6) is 1.96. The van der Waals surface area contributed by atoms with Crippen LogP contribution in [0.25, 0.3) is 0 Å². The summed E-state index contributed by atoms with van der Waals surface area (Å²) < 4.78 is 20.0. The summed E-state index contributed by atoms with van der Waals surface area (Å²) >= 11 is 1.08. The van der Waals surface area contributed by atoms with Crippen molar-refractivity contribution in [3.05, 3.63) is 42.2 Å². The highest BCUT2D eigenvalue weighted by molar-refractivity contribution is 6.99. The molecule has 0 bridgehead atoms. The number of nitrogens with two attached hydrogens (primary N) is 1. The standard InChI is InChI=1S/C20H24N8O3S/c1-2-30-16-6-4-3-5-15(16)24-20(29)28-11-9-27(10-12-28)17-18(26-32-25-17)31-13-14-7-8-22-19(21)23-14/h3-8H,2,9-13H2,1H3,(H,24,29)(H2,21,22,23). The van der Waals surface area contributed by atoms with Crippen LogP contribution in [0.15, 0.2) is 36.5 Å². The molecule has 0 atom stereocenters. The minimum Gasteiger partial charge on any atom is -0.492 e. The number of nitrogens with one attached hydrogen (secondary N) is 1. The van der Waals surface area contributed by atoms with Crippen molar-refractivity contribution in [1.29, 1.82) is 0 Å². The van der Waals surface area contributed by atoms with Gasteiger partial charge < -0.3 is 30.3 Å². The Balaban J connectivity index is 1.32. The zero-order chi connectivity index (χ0) is 22.3. The molecule has 1 aliphatic heterocycles. The normalized spacial score (nSPS) is 13.7. The number of hydrogen-bond donors (Lipinski definition) is 2. The van der Waals surface area contributed by atoms with Gasteiger partial charge in [-0.2, -0.15) is 4.37 Å². The Morgan fingerprint density at radius 1 is 1.16 bits per heavy atom. The number of urea groups is 1. The lowest BCUT2D eigenvalue weighted by atomic mass is 10.3. The smallest absolute Gasteiger partial charge is 0.322 e. The highest BCUT2D eigenvalue weighted by atomic mass is 32.1. The third-order valence-corrected chi connectivity index (χ3v) is 5.33. The van der Waals surface area contributed by atoms with Gasteiger partial charge in [0.15, 0.2) is 0 Å². The predicted molar refractivity (Wildman–Crippen MR) is 121 cm³/mol. The van der Waals surface area contributed by atoms with Crippen LogP contribution < -0.4 is 25.4 Å². The van der Waals surface area contributed by atoms with Gasteiger partial charge in [0.1, 0.15) is 12.4 Å². The van der Waals surface area contributed by atoms with Gasteiger partial charge >= 0.3 is 6.03 Å². The summed E-state index contributed by atoms with van der Waals surface area (Å²) in [6.07, 6.45) is 1.58. The molecular weight excluding hydrogens is 432 g/mol. The summed E-state index contributed by atoms with van der Waals surface area (Å²) in [4.78, 5) is 24.6. The molecule has 11 nitrogen and oxygen atoms in total. The average Bonchev–Trinajstić information content (AvgIpc) is 3.28. The maximum Gasteiger partial charge on any atom is 0.322 e. The summed E-state index contributed by atoms with van der Waals surface area (Å²) in [7, 11) is 0. The molecule has 1 aromatic carbocycles. The molecule has 0 spiro atoms. The van der Waals surface area contributed by atoms with Crippen molar-refractivity contribution in [3.63, 3.8) is 0 Å². The number of hydrogen-bond acceptors (Lipinski definition) is 10. The van der Waals surface area contributed by atoms with Crippen LogP contribution in [0, 0.1) is 0 Å². The van der Waals surface area contributed by atoms with Gasteiger partial charge in [-0.25, -0.2) is 14.8 Å². The first-order valence-electron chi connectivity index (χ1n) is 10.2. The first-order valence-corrected chi connectivity index (χ1v) is 10.9. The van der Waals surface area contributed by atoms with Crippen molar-refractivity contribution < 1.29 is 14.3 Å². The third kappa shape index (κ3) is 5.14. The zero-order valence-corrected chi connectivity index (χ0v) is 18.4. The van der Waals surface area contributed by atoms with Gasteiger partial charge in [0.05, 0.1) is 29.7 Å². The topological polar surface area (TPSA) is 132 Å². The van der Waals surface area contributed by atoms with Crippen LogP contribution >= 0.6 is 11.7 Å². The molecule has 1 aliphatic rings. The second-order valence-corrected chi connectivity index (χ2v) is 7.45. The molecule has 32 heavy (non-hydrogen) atoms. The van der Waals surface area contributed by atoms with Gasteiger partial charge in [0.25, 0.3) is 5.88 Å². The number of benzene rings is 1. The molecule has 168 valence electrons. The molecule has 0 aliphatic carbocycles. The van der Waals surface area contributed by atoms with Crippen LogP contribution in [0.3, 0.4) is 0 Å². The van der Waals surface area contributed by atoms with Crippen LogP contribution in [-0.2, 0) is 6.61 Å². The number of ether oxygens (including phenoxy) is 2. The van der Waals surface area contributed by atoms with Crippen LogP contribution in [0.5, 0.6) is 11.6 Å². The molecule has 2 amide bonds. The van der Waals surface area contributed by atoms with Crippen molar-refractivity contribution in [2.75, 3.05) is 48.7 Å². The molecule has 1 fully saturated rings. The number of piperazine rings is 1. The molecule has 1 saturated heterocycles. The Hall–Kier alpha value is -3.67. The number of carbonyl (C=O) groups excluding carboxylic acids is 1. The van der Waals surface area contributed by atoms with Gasteiger partial charge in [0.2, 0.25) is 11.8 Å². The quantitative estimate of drug-likeness (QED) is 0.549. The Bertz CT molecular complexity index is 1050. The zero-order valence-electron chi connectivity index (χ0n) is 17.6. The fraction of sp³-hybridized carbons (Fsp3) is 0.350. The lowest BCUT2D eigenvalue weighted by Gasteiger charge is -2.34. The highest BCUT2D eigenvalue weighted by Gasteiger charge is 2.26. The molecule has 0 unspecified atom stereocenters. The summed E-state index contributed by atoms with van der Waals surface area (Å²) in [6, 6.07) is 8.98. The van der Waals surface area contributed by atoms with Gasteiger partial charge in [-0.1, -0.05) is 12.1 Å². The molecule has 3 aromatic rings. The van der Waals surface area contributed by atoms with E-state index >= 15 is 0 Å². The fourth-order valence-corrected chi connectivity index (χ4v) is 3.78. The molecule has 3 N–H and O–H groups in total. The van der Waals surface area contributed by atoms with Crippen molar-refractivity contribution in [2.45, 2.75) is 13.5 Å². The minimum absolute atomic E-state index is 0.161. The second kappa shape index (κ2) is 10.1. The van der Waals surface area contributed by atoms with Crippen molar-refractivity contribution in [2.24, 2.45) is 0 Å². The van der Waals surface area contributed by atoms with Crippen LogP contribution in [0.4, 0.5) is 22.2 Å². The average molecular weight is 457 g/mol. The van der Waals surface area contributed by atoms with E-state index in [1.807, 2.05) is 31.2 Å². The van der Waals surface area contributed by atoms with Gasteiger partial charge in [-0.3, -0.25) is 0 Å². The number of nitrogens with zero attached hydrogens (tertiary/aromatic N) is 6. The SMILES string of the molecule is CCOc1ccccc1NC(=O)N1CCN(c2nsnc2OCc2ccnc(N)n2)CC1. The van der Waals surface area contributed by atoms with E-state index in [-0.39, 0.29) is 18.6 Å². The van der Waals surface area contributed by atoms with E-state index in [0.717, 1.165) is 11.7 Å². The maximum absolute atomic E-state index is 12.7. The number of carbonyl (C=O) groups is 1. The number of para-hydroxylation sites is 2. The number of rotatable bonds is 7. The molecular formula is C20H24N8O3S. The van der Waals surface area contributed by atoms with E-state index in [1.54, 1.807) is 17.2 Å². The fourth-order valence-electron chi connectivity index (χ4n) is 3.26. The number of aromatic nitrogens is 4. The van der Waals surface area contributed by atoms with Crippen LogP contribution in [0.2, 0.25) is 0 Å². The number of anilines is 3. The van der Waals surface area contributed by atoms with Crippen LogP contribution in [-0.4, -0.2) is 62.4 Å². The number of nitrogen functional groups attached to an aromatic ring is 1. The molecule has 0 radical (unpaired) electrons. The number of amides is 2. The first kappa shape index (κ1) is 21.6. The predicted octanol–water partition coefficient (Wildman–Crippen LogP) is 2.24. The van der Waals surface area contributed by atoms with Gasteiger partial charge in [-0.05, 0) is 25.1 Å². The van der Waals surface area contributed by atoms with E-state index < -0.39 is 0 Å². The first-order chi connectivity index (χ1) is 15.6. The minimum atomic E-state index is -0.161. The van der Waals surface area contributed by atoms with Crippen molar-refractivity contribution >= 4 is 35.2 Å². The van der Waals surface area contributed by atoms with E-state index in [1.165, 1.54) is 0 Å². The molecule has 0 saturated carbocycles. The molecule has 3 heterocycles. The Kier molecular flexibility index (Phi) is 6.80. The van der Waals surface area contributed by atoms with E-state index in [9.17, 15) is 4.79 Å². The third-order valence-electron chi connectivity index (χ3n) is 4.83. The maximum atomic E-state index is 12.7. The lowest BCUT2D eigenvalue weighted by molar-refractivity contribution is 0.207. The van der Waals surface area contributed by atoms with Crippen LogP contribution in [0.1, 0.15) is 12.6 Å². The molecule has 2 aromatic heterocycles. The van der Waals surface area contributed by atoms with E-state index in [4.69, 9.17) is 15.2 Å². The Morgan fingerprint density at radius 3 is 2.75 bits per heavy atom. The van der Waals surface area contributed by atoms with Crippen molar-refractivity contribution in [3.8, 4) is 11.6 Å². The summed E-state index contributed by atoms with van der Waals surface area (Å²) in [6.45, 7) is 4.97. The largest absolute Gasteiger partial charge is 0.492 e. The molecule has 4 rings (SSSR count). The van der Waals surface area contributed by atoms with E-state index in [2.05, 4.69) is 28.9 Å². The van der Waals surface area contributed by atoms with Gasteiger partial charge in [0, 0.05) is 32.4 Å². The van der Waals surface area contributed by atoms with E-state index in [0.29, 0.717) is 61.6 Å². The highest BCUT2D eigenvalue weighted by Crippen LogP contribution is 2.28. The summed E-state index contributed by atoms with van der Waals surface area (Å²) in [5.41, 5.74) is 6.92. The molecule has 12 heteroatoms. The lowest BCUT2D eigenvalue weighted by Crippen LogP contribution is -2.50. The Labute approximate surface area is 189 Å². The Morgan fingerprint density at radius 2 is 1.97 bits per heavy atom. The summed E-state index contributed by atoms with van der Waals surface area (Å²) in [5, 5.41) is 2.94. The second-order valence-electron chi connectivity index (χ2n) is 6.92. The van der Waals surface area contributed by atoms with Gasteiger partial charge in [-0.15, -0.1) is 4.37 Å².